The molecule has 100 valence electrons. The number of carbonyl (C=O) groups is 1. The van der Waals surface area contributed by atoms with Gasteiger partial charge < -0.3 is 9.88 Å². The molecule has 4 nitrogen and oxygen atoms in total. The number of hydrogen-bond donors (Lipinski definition) is 1. The van der Waals surface area contributed by atoms with Crippen LogP contribution in [0.3, 0.4) is 0 Å². The van der Waals surface area contributed by atoms with Gasteiger partial charge in [-0.3, -0.25) is 4.79 Å². The van der Waals surface area contributed by atoms with Gasteiger partial charge in [-0.25, -0.2) is 4.98 Å². The Hall–Kier alpha value is -1.55. The Bertz CT molecular complexity index is 645. The number of nitrogens with one attached hydrogen (secondary N) is 1. The molecule has 5 heteroatoms. The molecule has 1 heterocycles. The van der Waals surface area contributed by atoms with Crippen LogP contribution in [0.15, 0.2) is 18.2 Å². The van der Waals surface area contributed by atoms with E-state index in [9.17, 15) is 4.79 Å². The predicted octanol–water partition coefficient (Wildman–Crippen LogP) is 2.76. The van der Waals surface area contributed by atoms with Crippen LogP contribution in [-0.2, 0) is 7.05 Å². The molecule has 1 saturated carbocycles. The average Bonchev–Trinajstić information content (AvgIpc) is 3.18. The summed E-state index contributed by atoms with van der Waals surface area (Å²) in [6, 6.07) is 5.71. The van der Waals surface area contributed by atoms with E-state index in [1.54, 1.807) is 10.6 Å². The average molecular weight is 278 g/mol. The van der Waals surface area contributed by atoms with Gasteiger partial charge in [0.2, 0.25) is 5.28 Å². The topological polar surface area (TPSA) is 46.9 Å². The van der Waals surface area contributed by atoms with Crippen LogP contribution in [0.25, 0.3) is 11.0 Å². The molecule has 1 atom stereocenters. The lowest BCUT2D eigenvalue weighted by molar-refractivity contribution is 0.0936. The van der Waals surface area contributed by atoms with Gasteiger partial charge >= 0.3 is 0 Å². The van der Waals surface area contributed by atoms with Gasteiger partial charge in [0.05, 0.1) is 11.0 Å². The third-order valence-corrected chi connectivity index (χ3v) is 4.11. The summed E-state index contributed by atoms with van der Waals surface area (Å²) in [4.78, 5) is 16.4. The van der Waals surface area contributed by atoms with Gasteiger partial charge in [-0.1, -0.05) is 0 Å². The molecule has 0 saturated heterocycles. The zero-order valence-corrected chi connectivity index (χ0v) is 11.7. The molecule has 1 aliphatic rings. The van der Waals surface area contributed by atoms with Crippen LogP contribution in [0.5, 0.6) is 0 Å². The number of carbonyl (C=O) groups excluding carboxylic acids is 1. The number of hydrogen-bond acceptors (Lipinski definition) is 2. The SMILES string of the molecule is C[C@H](NC(=O)c1ccc2nc(Cl)n(C)c2c1)C1CC1. The van der Waals surface area contributed by atoms with Crippen LogP contribution < -0.4 is 5.32 Å². The van der Waals surface area contributed by atoms with E-state index in [4.69, 9.17) is 11.6 Å². The second-order valence-corrected chi connectivity index (χ2v) is 5.58. The molecule has 1 aromatic heterocycles. The minimum Gasteiger partial charge on any atom is -0.349 e. The van der Waals surface area contributed by atoms with Crippen molar-refractivity contribution >= 4 is 28.5 Å². The van der Waals surface area contributed by atoms with Crippen LogP contribution in [0.4, 0.5) is 0 Å². The summed E-state index contributed by atoms with van der Waals surface area (Å²) in [6.07, 6.45) is 2.44. The van der Waals surface area contributed by atoms with Crippen molar-refractivity contribution in [1.29, 1.82) is 0 Å². The van der Waals surface area contributed by atoms with Crippen LogP contribution in [0, 0.1) is 5.92 Å². The number of nitrogens with zero attached hydrogens (tertiary/aromatic N) is 2. The smallest absolute Gasteiger partial charge is 0.251 e. The first-order valence-electron chi connectivity index (χ1n) is 6.49. The Kier molecular flexibility index (Phi) is 2.97. The van der Waals surface area contributed by atoms with Crippen molar-refractivity contribution in [3.63, 3.8) is 0 Å². The lowest BCUT2D eigenvalue weighted by atomic mass is 10.1. The number of rotatable bonds is 3. The largest absolute Gasteiger partial charge is 0.349 e. The van der Waals surface area contributed by atoms with Gasteiger partial charge in [0.25, 0.3) is 5.91 Å². The van der Waals surface area contributed by atoms with Crippen LogP contribution in [0.2, 0.25) is 5.28 Å². The molecule has 0 unspecified atom stereocenters. The van der Waals surface area contributed by atoms with Crippen molar-refractivity contribution in [2.75, 3.05) is 0 Å². The van der Waals surface area contributed by atoms with E-state index in [1.165, 1.54) is 12.8 Å². The molecule has 2 aromatic rings. The highest BCUT2D eigenvalue weighted by Gasteiger charge is 2.29. The van der Waals surface area contributed by atoms with E-state index in [0.29, 0.717) is 16.8 Å². The second-order valence-electron chi connectivity index (χ2n) is 5.24. The second kappa shape index (κ2) is 4.53. The molecule has 1 aromatic carbocycles. The molecule has 0 spiro atoms. The van der Waals surface area contributed by atoms with Crippen LogP contribution in [-0.4, -0.2) is 21.5 Å². The lowest BCUT2D eigenvalue weighted by Gasteiger charge is -2.12. The van der Waals surface area contributed by atoms with E-state index < -0.39 is 0 Å². The number of aryl methyl sites for hydroxylation is 1. The third-order valence-electron chi connectivity index (χ3n) is 3.78. The maximum atomic E-state index is 12.2. The number of fused-ring (bicyclic) bond motifs is 1. The van der Waals surface area contributed by atoms with Gasteiger partial charge in [0.15, 0.2) is 0 Å². The zero-order chi connectivity index (χ0) is 13.6. The molecule has 1 fully saturated rings. The van der Waals surface area contributed by atoms with Gasteiger partial charge in [0.1, 0.15) is 0 Å². The summed E-state index contributed by atoms with van der Waals surface area (Å²) in [5, 5.41) is 3.48. The molecule has 1 N–H and O–H groups in total. The van der Waals surface area contributed by atoms with E-state index in [-0.39, 0.29) is 11.9 Å². The fourth-order valence-electron chi connectivity index (χ4n) is 2.31. The Morgan fingerprint density at radius 1 is 1.53 bits per heavy atom. The summed E-state index contributed by atoms with van der Waals surface area (Å²) in [6.45, 7) is 2.06. The molecular weight excluding hydrogens is 262 g/mol. The van der Waals surface area contributed by atoms with E-state index in [0.717, 1.165) is 11.0 Å². The Morgan fingerprint density at radius 2 is 2.26 bits per heavy atom. The maximum absolute atomic E-state index is 12.2. The Labute approximate surface area is 116 Å². The minimum absolute atomic E-state index is 0.0291. The summed E-state index contributed by atoms with van der Waals surface area (Å²) >= 11 is 5.97. The maximum Gasteiger partial charge on any atom is 0.251 e. The van der Waals surface area contributed by atoms with E-state index in [1.807, 2.05) is 19.2 Å². The first kappa shape index (κ1) is 12.5. The highest BCUT2D eigenvalue weighted by molar-refractivity contribution is 6.29. The zero-order valence-electron chi connectivity index (χ0n) is 11.0. The molecule has 0 radical (unpaired) electrons. The first-order chi connectivity index (χ1) is 9.06. The Balaban J connectivity index is 1.87. The first-order valence-corrected chi connectivity index (χ1v) is 6.87. The molecule has 1 amide bonds. The summed E-state index contributed by atoms with van der Waals surface area (Å²) in [5.74, 6) is 0.623. The lowest BCUT2D eigenvalue weighted by Crippen LogP contribution is -2.33. The number of aromatic nitrogens is 2. The van der Waals surface area contributed by atoms with E-state index in [2.05, 4.69) is 17.2 Å². The Morgan fingerprint density at radius 3 is 2.95 bits per heavy atom. The third kappa shape index (κ3) is 2.32. The molecule has 3 rings (SSSR count). The standard InChI is InChI=1S/C14H16ClN3O/c1-8(9-3-4-9)16-13(19)10-5-6-11-12(7-10)18(2)14(15)17-11/h5-9H,3-4H2,1-2H3,(H,16,19)/t8-/m0/s1. The van der Waals surface area contributed by atoms with Crippen LogP contribution in [0.1, 0.15) is 30.1 Å². The fraction of sp³-hybridized carbons (Fsp3) is 0.429. The van der Waals surface area contributed by atoms with Crippen molar-refractivity contribution in [3.05, 3.63) is 29.0 Å². The predicted molar refractivity (Wildman–Crippen MR) is 75.4 cm³/mol. The van der Waals surface area contributed by atoms with Crippen molar-refractivity contribution in [2.24, 2.45) is 13.0 Å². The molecule has 0 aliphatic heterocycles. The summed E-state index contributed by atoms with van der Waals surface area (Å²) in [5.41, 5.74) is 2.33. The quantitative estimate of drug-likeness (QED) is 0.938. The van der Waals surface area contributed by atoms with Gasteiger partial charge in [-0.05, 0) is 55.5 Å². The summed E-state index contributed by atoms with van der Waals surface area (Å²) in [7, 11) is 1.84. The number of imidazole rings is 1. The molecule has 0 bridgehead atoms. The summed E-state index contributed by atoms with van der Waals surface area (Å²) < 4.78 is 1.78. The van der Waals surface area contributed by atoms with Crippen molar-refractivity contribution < 1.29 is 4.79 Å². The molecular formula is C14H16ClN3O. The monoisotopic (exact) mass is 277 g/mol. The number of amides is 1. The number of benzene rings is 1. The normalized spacial score (nSPS) is 16.6. The number of halogens is 1. The van der Waals surface area contributed by atoms with Gasteiger partial charge in [0, 0.05) is 18.7 Å². The van der Waals surface area contributed by atoms with Crippen molar-refractivity contribution in [1.82, 2.24) is 14.9 Å². The van der Waals surface area contributed by atoms with Gasteiger partial charge in [-0.15, -0.1) is 0 Å². The van der Waals surface area contributed by atoms with Crippen LogP contribution >= 0.6 is 11.6 Å². The van der Waals surface area contributed by atoms with E-state index >= 15 is 0 Å². The van der Waals surface area contributed by atoms with Gasteiger partial charge in [-0.2, -0.15) is 0 Å². The molecule has 19 heavy (non-hydrogen) atoms. The fourth-order valence-corrected chi connectivity index (χ4v) is 2.49. The highest BCUT2D eigenvalue weighted by atomic mass is 35.5. The minimum atomic E-state index is -0.0291. The van der Waals surface area contributed by atoms with Crippen molar-refractivity contribution in [3.8, 4) is 0 Å². The highest BCUT2D eigenvalue weighted by Crippen LogP contribution is 2.32. The molecule has 1 aliphatic carbocycles. The van der Waals surface area contributed by atoms with Crippen molar-refractivity contribution in [2.45, 2.75) is 25.8 Å².